The number of hydrogen-bond donors (Lipinski definition) is 1. The molecule has 0 fully saturated rings. The largest absolute Gasteiger partial charge is 0.334 e. The highest BCUT2D eigenvalue weighted by atomic mass is 15.3. The van der Waals surface area contributed by atoms with Crippen LogP contribution in [0.15, 0.2) is 18.6 Å². The van der Waals surface area contributed by atoms with Crippen LogP contribution in [-0.2, 0) is 7.05 Å². The quantitative estimate of drug-likeness (QED) is 0.732. The molecule has 3 aromatic heterocycles. The minimum absolute atomic E-state index is 0.675. The van der Waals surface area contributed by atoms with Crippen LogP contribution < -0.4 is 5.32 Å². The lowest BCUT2D eigenvalue weighted by molar-refractivity contribution is 0.756. The summed E-state index contributed by atoms with van der Waals surface area (Å²) in [6.07, 6.45) is 5.47. The van der Waals surface area contributed by atoms with E-state index in [2.05, 4.69) is 25.6 Å². The van der Waals surface area contributed by atoms with Crippen molar-refractivity contribution in [3.63, 3.8) is 0 Å². The van der Waals surface area contributed by atoms with Crippen molar-refractivity contribution in [3.05, 3.63) is 30.1 Å². The molecule has 7 nitrogen and oxygen atoms in total. The molecule has 0 aliphatic heterocycles. The zero-order valence-electron chi connectivity index (χ0n) is 10.4. The van der Waals surface area contributed by atoms with Crippen LogP contribution in [0.1, 0.15) is 11.5 Å². The molecule has 7 heteroatoms. The first kappa shape index (κ1) is 10.7. The van der Waals surface area contributed by atoms with Crippen molar-refractivity contribution in [3.8, 4) is 0 Å². The first-order valence-corrected chi connectivity index (χ1v) is 5.59. The summed E-state index contributed by atoms with van der Waals surface area (Å²) in [4.78, 5) is 4.29. The highest BCUT2D eigenvalue weighted by Gasteiger charge is 2.10. The van der Waals surface area contributed by atoms with Crippen LogP contribution in [0.4, 0.5) is 11.5 Å². The minimum Gasteiger partial charge on any atom is -0.334 e. The van der Waals surface area contributed by atoms with Gasteiger partial charge in [0.2, 0.25) is 5.65 Å². The number of anilines is 2. The monoisotopic (exact) mass is 243 g/mol. The van der Waals surface area contributed by atoms with Gasteiger partial charge in [0.1, 0.15) is 5.82 Å². The number of aromatic nitrogens is 6. The molecule has 0 saturated carbocycles. The second-order valence-corrected chi connectivity index (χ2v) is 4.14. The highest BCUT2D eigenvalue weighted by Crippen LogP contribution is 2.20. The van der Waals surface area contributed by atoms with Gasteiger partial charge in [-0.1, -0.05) is 0 Å². The summed E-state index contributed by atoms with van der Waals surface area (Å²) in [5, 5.41) is 15.7. The fourth-order valence-corrected chi connectivity index (χ4v) is 1.88. The fraction of sp³-hybridized carbons (Fsp3) is 0.273. The van der Waals surface area contributed by atoms with Crippen LogP contribution >= 0.6 is 0 Å². The Bertz CT molecular complexity index is 709. The molecule has 0 unspecified atom stereocenters. The average Bonchev–Trinajstić information content (AvgIpc) is 2.85. The fourth-order valence-electron chi connectivity index (χ4n) is 1.88. The number of aryl methyl sites for hydroxylation is 3. The van der Waals surface area contributed by atoms with Crippen LogP contribution in [0, 0.1) is 13.8 Å². The van der Waals surface area contributed by atoms with E-state index in [9.17, 15) is 0 Å². The summed E-state index contributed by atoms with van der Waals surface area (Å²) in [5.41, 5.74) is 2.54. The Morgan fingerprint density at radius 2 is 2.06 bits per heavy atom. The van der Waals surface area contributed by atoms with Crippen molar-refractivity contribution in [2.45, 2.75) is 13.8 Å². The van der Waals surface area contributed by atoms with Gasteiger partial charge in [-0.05, 0) is 13.8 Å². The van der Waals surface area contributed by atoms with Gasteiger partial charge < -0.3 is 5.32 Å². The topological polar surface area (TPSA) is 72.9 Å². The van der Waals surface area contributed by atoms with Crippen molar-refractivity contribution in [2.75, 3.05) is 5.32 Å². The molecular formula is C11H13N7. The van der Waals surface area contributed by atoms with E-state index >= 15 is 0 Å². The Hall–Kier alpha value is -2.44. The third kappa shape index (κ3) is 1.60. The predicted octanol–water partition coefficient (Wildman–Crippen LogP) is 1.22. The molecule has 3 aromatic rings. The Kier molecular flexibility index (Phi) is 2.26. The van der Waals surface area contributed by atoms with E-state index in [4.69, 9.17) is 0 Å². The molecule has 0 saturated heterocycles. The van der Waals surface area contributed by atoms with Crippen molar-refractivity contribution in [1.29, 1.82) is 0 Å². The van der Waals surface area contributed by atoms with Crippen LogP contribution in [0.3, 0.4) is 0 Å². The lowest BCUT2D eigenvalue weighted by Gasteiger charge is -2.04. The number of rotatable bonds is 2. The maximum atomic E-state index is 4.29. The van der Waals surface area contributed by atoms with E-state index < -0.39 is 0 Å². The average molecular weight is 243 g/mol. The van der Waals surface area contributed by atoms with Gasteiger partial charge in [0.15, 0.2) is 5.82 Å². The minimum atomic E-state index is 0.675. The smallest absolute Gasteiger partial charge is 0.204 e. The van der Waals surface area contributed by atoms with Gasteiger partial charge in [-0.25, -0.2) is 4.98 Å². The van der Waals surface area contributed by atoms with Gasteiger partial charge in [0.25, 0.3) is 0 Å². The molecule has 18 heavy (non-hydrogen) atoms. The summed E-state index contributed by atoms with van der Waals surface area (Å²) in [5.74, 6) is 1.51. The third-order valence-electron chi connectivity index (χ3n) is 2.76. The number of fused-ring (bicyclic) bond motifs is 1. The molecular weight excluding hydrogens is 230 g/mol. The van der Waals surface area contributed by atoms with Crippen LogP contribution in [0.2, 0.25) is 0 Å². The van der Waals surface area contributed by atoms with Crippen LogP contribution in [0.25, 0.3) is 5.65 Å². The summed E-state index contributed by atoms with van der Waals surface area (Å²) >= 11 is 0. The summed E-state index contributed by atoms with van der Waals surface area (Å²) in [7, 11) is 1.88. The summed E-state index contributed by atoms with van der Waals surface area (Å²) in [6.45, 7) is 3.84. The van der Waals surface area contributed by atoms with E-state index in [0.29, 0.717) is 11.5 Å². The van der Waals surface area contributed by atoms with E-state index in [1.807, 2.05) is 37.7 Å². The van der Waals surface area contributed by atoms with Gasteiger partial charge in [-0.3, -0.25) is 9.08 Å². The molecule has 0 atom stereocenters. The Balaban J connectivity index is 2.07. The zero-order chi connectivity index (χ0) is 12.7. The highest BCUT2D eigenvalue weighted by molar-refractivity contribution is 5.70. The first-order valence-electron chi connectivity index (χ1n) is 5.59. The summed E-state index contributed by atoms with van der Waals surface area (Å²) in [6, 6.07) is 0. The van der Waals surface area contributed by atoms with Gasteiger partial charge in [0.05, 0.1) is 11.4 Å². The van der Waals surface area contributed by atoms with Crippen LogP contribution in [-0.4, -0.2) is 29.4 Å². The second kappa shape index (κ2) is 3.80. The second-order valence-electron chi connectivity index (χ2n) is 4.14. The Labute approximate surface area is 103 Å². The van der Waals surface area contributed by atoms with Crippen molar-refractivity contribution in [1.82, 2.24) is 29.4 Å². The lowest BCUT2D eigenvalue weighted by Crippen LogP contribution is -1.98. The van der Waals surface area contributed by atoms with E-state index in [1.54, 1.807) is 10.9 Å². The van der Waals surface area contributed by atoms with E-state index in [-0.39, 0.29) is 0 Å². The zero-order valence-corrected chi connectivity index (χ0v) is 10.4. The van der Waals surface area contributed by atoms with Crippen molar-refractivity contribution < 1.29 is 0 Å². The van der Waals surface area contributed by atoms with Gasteiger partial charge >= 0.3 is 0 Å². The molecule has 0 amide bonds. The number of hydrogen-bond acceptors (Lipinski definition) is 5. The summed E-state index contributed by atoms with van der Waals surface area (Å²) < 4.78 is 3.65. The molecule has 0 bridgehead atoms. The Morgan fingerprint density at radius 3 is 2.78 bits per heavy atom. The van der Waals surface area contributed by atoms with Crippen molar-refractivity contribution >= 4 is 17.2 Å². The normalized spacial score (nSPS) is 11.1. The maximum absolute atomic E-state index is 4.29. The number of nitrogens with zero attached hydrogens (tertiary/aromatic N) is 6. The third-order valence-corrected chi connectivity index (χ3v) is 2.76. The molecule has 3 rings (SSSR count). The predicted molar refractivity (Wildman–Crippen MR) is 66.7 cm³/mol. The molecule has 1 N–H and O–H groups in total. The number of nitrogens with one attached hydrogen (secondary N) is 1. The molecule has 0 aliphatic carbocycles. The van der Waals surface area contributed by atoms with Crippen molar-refractivity contribution in [2.24, 2.45) is 7.05 Å². The van der Waals surface area contributed by atoms with Gasteiger partial charge in [-0.15, -0.1) is 10.2 Å². The lowest BCUT2D eigenvalue weighted by atomic mass is 10.4. The van der Waals surface area contributed by atoms with Gasteiger partial charge in [-0.2, -0.15) is 5.10 Å². The SMILES string of the molecule is Cc1nn(C)cc1Nc1nccn2c(C)nnc12. The van der Waals surface area contributed by atoms with E-state index in [1.165, 1.54) is 0 Å². The molecule has 92 valence electrons. The maximum Gasteiger partial charge on any atom is 0.204 e. The van der Waals surface area contributed by atoms with Gasteiger partial charge in [0, 0.05) is 25.6 Å². The van der Waals surface area contributed by atoms with E-state index in [0.717, 1.165) is 17.2 Å². The molecule has 0 spiro atoms. The molecule has 0 radical (unpaired) electrons. The standard InChI is InChI=1S/C11H13N7/c1-7-9(6-17(3)16-7)13-10-11-15-14-8(2)18(11)5-4-12-10/h4-6H,1-3H3,(H,12,13). The molecule has 3 heterocycles. The molecule has 0 aliphatic rings. The molecule has 0 aromatic carbocycles. The van der Waals surface area contributed by atoms with Crippen LogP contribution in [0.5, 0.6) is 0 Å². The first-order chi connectivity index (χ1) is 8.65. The Morgan fingerprint density at radius 1 is 1.22 bits per heavy atom.